The van der Waals surface area contributed by atoms with Crippen LogP contribution >= 0.6 is 0 Å². The van der Waals surface area contributed by atoms with Crippen molar-refractivity contribution in [3.63, 3.8) is 0 Å². The van der Waals surface area contributed by atoms with Gasteiger partial charge in [-0.05, 0) is 60.4 Å². The number of carboxylic acids is 2. The molecule has 0 amide bonds. The third-order valence-corrected chi connectivity index (χ3v) is 12.5. The first-order valence-corrected chi connectivity index (χ1v) is 23.9. The number of sulfonamides is 2. The fourth-order valence-corrected chi connectivity index (χ4v) is 7.33. The van der Waals surface area contributed by atoms with E-state index >= 15 is 0 Å². The summed E-state index contributed by atoms with van der Waals surface area (Å²) in [6.07, 6.45) is -2.07. The summed E-state index contributed by atoms with van der Waals surface area (Å²) in [5, 5.41) is 65.6. The molecule has 0 spiro atoms. The molecule has 4 aromatic rings. The second-order valence-corrected chi connectivity index (χ2v) is 20.0. The number of aromatic nitrogens is 4. The van der Waals surface area contributed by atoms with Gasteiger partial charge in [-0.2, -0.15) is 0 Å². The van der Waals surface area contributed by atoms with Gasteiger partial charge < -0.3 is 40.2 Å². The van der Waals surface area contributed by atoms with Gasteiger partial charge in [-0.25, -0.2) is 54.2 Å². The predicted octanol–water partition coefficient (Wildman–Crippen LogP) is 1.49. The number of rotatable bonds is 20. The molecule has 4 rings (SSSR count). The summed E-state index contributed by atoms with van der Waals surface area (Å²) in [5.41, 5.74) is 0.869. The molecule has 18 nitrogen and oxygen atoms in total. The number of carbonyl (C=O) groups is 2. The number of aliphatic carboxylic acids is 2. The average Bonchev–Trinajstić information content (AvgIpc) is 3.22. The molecule has 2 unspecified atom stereocenters. The van der Waals surface area contributed by atoms with E-state index < -0.39 is 91.7 Å². The Balaban J connectivity index is 0.000000453. The zero-order valence-corrected chi connectivity index (χ0v) is 42.1. The number of nitrogens with zero attached hydrogens (tertiary/aromatic N) is 6. The third-order valence-electron chi connectivity index (χ3n) is 10.2. The Kier molecular flexibility index (Phi) is 21.6. The normalized spacial score (nSPS) is 14.3. The summed E-state index contributed by atoms with van der Waals surface area (Å²) >= 11 is 0. The zero-order valence-electron chi connectivity index (χ0n) is 38.2. The maximum Gasteiger partial charge on any atom is 2.00 e. The molecular formula is C44H54CaF2N6O12S2. The van der Waals surface area contributed by atoms with Crippen LogP contribution in [0.3, 0.4) is 0 Å². The van der Waals surface area contributed by atoms with E-state index in [1.807, 2.05) is 0 Å². The summed E-state index contributed by atoms with van der Waals surface area (Å²) in [7, 11) is -5.04. The van der Waals surface area contributed by atoms with E-state index in [0.717, 1.165) is 57.5 Å². The first-order chi connectivity index (χ1) is 30.5. The van der Waals surface area contributed by atoms with Crippen molar-refractivity contribution in [2.24, 2.45) is 0 Å². The topological polar surface area (TPSA) is 287 Å². The van der Waals surface area contributed by atoms with Gasteiger partial charge in [0.25, 0.3) is 0 Å². The molecule has 2 heterocycles. The number of anilines is 2. The number of hydrogen-bond donors (Lipinski definition) is 4. The van der Waals surface area contributed by atoms with E-state index in [0.29, 0.717) is 0 Å². The summed E-state index contributed by atoms with van der Waals surface area (Å²) in [5.74, 6) is -9.00. The number of carbonyl (C=O) groups excluding carboxylic acids is 2. The van der Waals surface area contributed by atoms with Crippen LogP contribution in [-0.2, 0) is 29.6 Å². The minimum absolute atomic E-state index is 0. The minimum Gasteiger partial charge on any atom is -0.549 e. The van der Waals surface area contributed by atoms with Crippen molar-refractivity contribution < 1.29 is 65.8 Å². The average molecular weight is 1000 g/mol. The molecule has 0 saturated carbocycles. The van der Waals surface area contributed by atoms with Crippen LogP contribution in [0, 0.1) is 11.6 Å². The first kappa shape index (κ1) is 58.6. The molecule has 4 N–H and O–H groups in total. The predicted molar refractivity (Wildman–Crippen MR) is 244 cm³/mol. The van der Waals surface area contributed by atoms with Gasteiger partial charge in [0.05, 0.1) is 83.5 Å². The van der Waals surface area contributed by atoms with Gasteiger partial charge in [0.15, 0.2) is 0 Å². The SMILES string of the molecule is C=C[C@@H](O)C[C@@H](O)C(C(=O)[O-])c1c(-c2ccc(F)cc2)nc(N(C)S(C)(=O)=O)nc1C(C)C.C=C[C@@H](O)C[C@@H](O)C(C(=O)[O-])c1c(-c2ccc(F)cc2)nc(N(C)S(C)(=O)=O)nc1C(C)C.[Ca+2]. The molecule has 360 valence electrons. The van der Waals surface area contributed by atoms with Crippen LogP contribution in [0.2, 0.25) is 0 Å². The number of aliphatic hydroxyl groups excluding tert-OH is 4. The number of hydrogen-bond acceptors (Lipinski definition) is 16. The van der Waals surface area contributed by atoms with E-state index in [1.165, 1.54) is 38.4 Å². The van der Waals surface area contributed by atoms with Gasteiger partial charge in [-0.15, -0.1) is 13.2 Å². The van der Waals surface area contributed by atoms with Crippen molar-refractivity contribution in [3.05, 3.63) is 108 Å². The van der Waals surface area contributed by atoms with Crippen LogP contribution < -0.4 is 18.8 Å². The molecule has 0 aliphatic heterocycles. The molecular weight excluding hydrogens is 947 g/mol. The molecule has 67 heavy (non-hydrogen) atoms. The summed E-state index contributed by atoms with van der Waals surface area (Å²) in [4.78, 5) is 41.6. The van der Waals surface area contributed by atoms with Gasteiger partial charge >= 0.3 is 37.7 Å². The van der Waals surface area contributed by atoms with Crippen LogP contribution in [0.15, 0.2) is 73.8 Å². The Morgan fingerprint density at radius 1 is 0.627 bits per heavy atom. The standard InChI is InChI=1S/2C22H28FN3O6S.Ca/c2*1-6-15(27)11-16(28)17(21(29)30)18-19(12(2)3)24-22(26(4)33(5,31)32)25-20(18)13-7-9-14(23)10-8-13;/h2*6-10,12,15-17,27-28H,1,11H2,2-5H3,(H,29,30);/q;;+2/p-2/t2*15-,16-,17?;/m11./s1. The van der Waals surface area contributed by atoms with Crippen LogP contribution in [-0.4, -0.2) is 158 Å². The molecule has 0 fully saturated rings. The van der Waals surface area contributed by atoms with Gasteiger partial charge in [-0.3, -0.25) is 0 Å². The van der Waals surface area contributed by atoms with Crippen molar-refractivity contribution in [1.82, 2.24) is 19.9 Å². The van der Waals surface area contributed by atoms with Crippen molar-refractivity contribution in [2.75, 3.05) is 35.2 Å². The molecule has 0 radical (unpaired) electrons. The second-order valence-electron chi connectivity index (χ2n) is 15.9. The second kappa shape index (κ2) is 24.7. The molecule has 0 aliphatic carbocycles. The fourth-order valence-electron chi connectivity index (χ4n) is 6.57. The molecule has 2 aromatic heterocycles. The molecule has 0 aliphatic rings. The Hall–Kier alpha value is -4.52. The fraction of sp³-hybridized carbons (Fsp3) is 0.409. The van der Waals surface area contributed by atoms with Gasteiger partial charge in [0, 0.05) is 49.2 Å². The molecule has 2 aromatic carbocycles. The Morgan fingerprint density at radius 3 is 1.13 bits per heavy atom. The van der Waals surface area contributed by atoms with E-state index in [-0.39, 0.29) is 108 Å². The van der Waals surface area contributed by atoms with E-state index in [4.69, 9.17) is 0 Å². The smallest absolute Gasteiger partial charge is 0.549 e. The zero-order chi connectivity index (χ0) is 50.2. The molecule has 0 bridgehead atoms. The van der Waals surface area contributed by atoms with Crippen molar-refractivity contribution in [1.29, 1.82) is 0 Å². The van der Waals surface area contributed by atoms with Crippen molar-refractivity contribution in [3.8, 4) is 22.5 Å². The number of carboxylic acid groups (broad SMARTS) is 2. The Morgan fingerprint density at radius 2 is 0.910 bits per heavy atom. The summed E-state index contributed by atoms with van der Waals surface area (Å²) < 4.78 is 77.2. The maximum atomic E-state index is 13.6. The van der Waals surface area contributed by atoms with E-state index in [1.54, 1.807) is 27.7 Å². The molecule has 23 heteroatoms. The number of benzene rings is 2. The van der Waals surface area contributed by atoms with E-state index in [9.17, 15) is 65.8 Å². The van der Waals surface area contributed by atoms with Crippen molar-refractivity contribution >= 4 is 81.6 Å². The minimum atomic E-state index is -3.76. The monoisotopic (exact) mass is 1000 g/mol. The molecule has 0 saturated heterocycles. The third kappa shape index (κ3) is 15.2. The quantitative estimate of drug-likeness (QED) is 0.0721. The Labute approximate surface area is 418 Å². The first-order valence-electron chi connectivity index (χ1n) is 20.2. The summed E-state index contributed by atoms with van der Waals surface area (Å²) in [6.45, 7) is 13.7. The largest absolute Gasteiger partial charge is 2.00 e. The Bertz CT molecular complexity index is 2430. The molecule has 6 atom stereocenters. The van der Waals surface area contributed by atoms with Crippen LogP contribution in [0.25, 0.3) is 22.5 Å². The summed E-state index contributed by atoms with van der Waals surface area (Å²) in [6, 6.07) is 9.98. The van der Waals surface area contributed by atoms with E-state index in [2.05, 4.69) is 33.1 Å². The number of aliphatic hydroxyl groups is 4. The van der Waals surface area contributed by atoms with Crippen LogP contribution in [0.5, 0.6) is 0 Å². The van der Waals surface area contributed by atoms with Gasteiger partial charge in [-0.1, -0.05) is 39.8 Å². The van der Waals surface area contributed by atoms with Gasteiger partial charge in [0.2, 0.25) is 31.9 Å². The van der Waals surface area contributed by atoms with Crippen LogP contribution in [0.4, 0.5) is 20.7 Å². The van der Waals surface area contributed by atoms with Crippen LogP contribution in [0.1, 0.15) is 86.7 Å². The maximum absolute atomic E-state index is 13.6. The van der Waals surface area contributed by atoms with Gasteiger partial charge in [0.1, 0.15) is 11.6 Å². The number of halogens is 2. The van der Waals surface area contributed by atoms with Crippen molar-refractivity contribution in [2.45, 2.75) is 88.6 Å².